The highest BCUT2D eigenvalue weighted by atomic mass is 16.5. The zero-order valence-corrected chi connectivity index (χ0v) is 14.1. The lowest BCUT2D eigenvalue weighted by Gasteiger charge is -2.22. The number of methoxy groups -OCH3 is 1. The van der Waals surface area contributed by atoms with Crippen molar-refractivity contribution in [3.63, 3.8) is 0 Å². The first-order chi connectivity index (χ1) is 10.3. The third-order valence-electron chi connectivity index (χ3n) is 4.50. The second kappa shape index (κ2) is 6.69. The Morgan fingerprint density at radius 1 is 1.23 bits per heavy atom. The Bertz CT molecular complexity index is 522. The number of aliphatic carboxylic acids is 1. The largest absolute Gasteiger partial charge is 0.496 e. The Morgan fingerprint density at radius 3 is 2.14 bits per heavy atom. The lowest BCUT2D eigenvalue weighted by Crippen LogP contribution is -2.17. The fourth-order valence-electron chi connectivity index (χ4n) is 3.17. The number of carboxylic acids is 1. The van der Waals surface area contributed by atoms with Crippen molar-refractivity contribution in [1.82, 2.24) is 5.32 Å². The molecule has 0 aliphatic carbocycles. The summed E-state index contributed by atoms with van der Waals surface area (Å²) in [6, 6.07) is 4.47. The van der Waals surface area contributed by atoms with Crippen molar-refractivity contribution in [2.45, 2.75) is 52.0 Å². The molecule has 4 nitrogen and oxygen atoms in total. The van der Waals surface area contributed by atoms with E-state index in [0.717, 1.165) is 5.75 Å². The molecule has 2 unspecified atom stereocenters. The Balaban J connectivity index is 2.42. The average molecular weight is 305 g/mol. The molecule has 1 heterocycles. The van der Waals surface area contributed by atoms with Crippen LogP contribution in [0.3, 0.4) is 0 Å². The van der Waals surface area contributed by atoms with Crippen molar-refractivity contribution in [3.05, 3.63) is 28.8 Å². The van der Waals surface area contributed by atoms with Crippen LogP contribution in [-0.4, -0.2) is 24.7 Å². The summed E-state index contributed by atoms with van der Waals surface area (Å²) >= 11 is 0. The molecule has 1 fully saturated rings. The van der Waals surface area contributed by atoms with Crippen LogP contribution in [0.25, 0.3) is 0 Å². The molecular weight excluding hydrogens is 278 g/mol. The first-order valence-corrected chi connectivity index (χ1v) is 8.03. The van der Waals surface area contributed by atoms with Crippen molar-refractivity contribution < 1.29 is 14.6 Å². The van der Waals surface area contributed by atoms with Crippen LogP contribution in [0.5, 0.6) is 5.75 Å². The highest BCUT2D eigenvalue weighted by Gasteiger charge is 2.31. The highest BCUT2D eigenvalue weighted by molar-refractivity contribution is 5.70. The molecule has 1 aromatic rings. The van der Waals surface area contributed by atoms with Gasteiger partial charge in [-0.1, -0.05) is 39.8 Å². The third kappa shape index (κ3) is 3.27. The van der Waals surface area contributed by atoms with E-state index in [4.69, 9.17) is 4.74 Å². The van der Waals surface area contributed by atoms with E-state index >= 15 is 0 Å². The number of benzene rings is 1. The van der Waals surface area contributed by atoms with E-state index in [1.54, 1.807) is 7.11 Å². The van der Waals surface area contributed by atoms with Crippen LogP contribution in [0.4, 0.5) is 0 Å². The number of carbonyl (C=O) groups is 1. The minimum absolute atomic E-state index is 0.113. The van der Waals surface area contributed by atoms with Crippen molar-refractivity contribution in [2.24, 2.45) is 5.92 Å². The maximum atomic E-state index is 11.2. The molecule has 122 valence electrons. The fraction of sp³-hybridized carbons (Fsp3) is 0.611. The first kappa shape index (κ1) is 16.8. The van der Waals surface area contributed by atoms with Crippen LogP contribution in [0.2, 0.25) is 0 Å². The number of ether oxygens (including phenoxy) is 1. The molecule has 2 atom stereocenters. The van der Waals surface area contributed by atoms with Gasteiger partial charge in [0.15, 0.2) is 0 Å². The van der Waals surface area contributed by atoms with Crippen LogP contribution in [0.15, 0.2) is 12.1 Å². The van der Waals surface area contributed by atoms with E-state index in [1.165, 1.54) is 16.7 Å². The molecule has 0 amide bonds. The molecule has 1 aromatic carbocycles. The van der Waals surface area contributed by atoms with E-state index < -0.39 is 5.97 Å². The summed E-state index contributed by atoms with van der Waals surface area (Å²) in [6.45, 7) is 9.18. The normalized spacial score (nSPS) is 21.6. The number of carboxylic acid groups (broad SMARTS) is 1. The van der Waals surface area contributed by atoms with Gasteiger partial charge in [-0.25, -0.2) is 0 Å². The van der Waals surface area contributed by atoms with Gasteiger partial charge in [0.2, 0.25) is 0 Å². The van der Waals surface area contributed by atoms with E-state index in [0.29, 0.717) is 24.8 Å². The lowest BCUT2D eigenvalue weighted by molar-refractivity contribution is -0.141. The Kier molecular flexibility index (Phi) is 5.12. The first-order valence-electron chi connectivity index (χ1n) is 8.03. The van der Waals surface area contributed by atoms with E-state index in [-0.39, 0.29) is 12.0 Å². The molecular formula is C18H27NO3. The summed E-state index contributed by atoms with van der Waals surface area (Å²) in [6.07, 6.45) is 0.650. The molecule has 0 radical (unpaired) electrons. The molecule has 2 N–H and O–H groups in total. The SMILES string of the molecule is COc1c(C(C)C)cc(C2CC(C(=O)O)CN2)cc1C(C)C. The molecule has 1 aliphatic heterocycles. The monoisotopic (exact) mass is 305 g/mol. The topological polar surface area (TPSA) is 58.6 Å². The summed E-state index contributed by atoms with van der Waals surface area (Å²) < 4.78 is 5.66. The lowest BCUT2D eigenvalue weighted by atomic mass is 9.88. The van der Waals surface area contributed by atoms with Gasteiger partial charge in [-0.15, -0.1) is 0 Å². The van der Waals surface area contributed by atoms with Crippen molar-refractivity contribution in [3.8, 4) is 5.75 Å². The van der Waals surface area contributed by atoms with Crippen molar-refractivity contribution in [2.75, 3.05) is 13.7 Å². The van der Waals surface area contributed by atoms with E-state index in [9.17, 15) is 9.90 Å². The number of hydrogen-bond donors (Lipinski definition) is 2. The van der Waals surface area contributed by atoms with Gasteiger partial charge in [0.05, 0.1) is 13.0 Å². The minimum atomic E-state index is -0.711. The molecule has 2 rings (SSSR count). The molecule has 0 aromatic heterocycles. The zero-order chi connectivity index (χ0) is 16.4. The summed E-state index contributed by atoms with van der Waals surface area (Å²) in [5.74, 6) is 0.698. The highest BCUT2D eigenvalue weighted by Crippen LogP contribution is 2.39. The molecule has 0 saturated carbocycles. The maximum Gasteiger partial charge on any atom is 0.307 e. The van der Waals surface area contributed by atoms with E-state index in [2.05, 4.69) is 45.1 Å². The molecule has 0 bridgehead atoms. The van der Waals surface area contributed by atoms with Crippen LogP contribution in [-0.2, 0) is 4.79 Å². The second-order valence-electron chi connectivity index (χ2n) is 6.77. The van der Waals surface area contributed by atoms with E-state index in [1.807, 2.05) is 0 Å². The summed E-state index contributed by atoms with van der Waals surface area (Å²) in [5, 5.41) is 12.5. The molecule has 22 heavy (non-hydrogen) atoms. The maximum absolute atomic E-state index is 11.2. The van der Waals surface area contributed by atoms with Gasteiger partial charge in [-0.2, -0.15) is 0 Å². The van der Waals surface area contributed by atoms with Gasteiger partial charge in [-0.05, 0) is 34.9 Å². The third-order valence-corrected chi connectivity index (χ3v) is 4.50. The standard InChI is InChI=1S/C18H27NO3/c1-10(2)14-6-12(7-15(11(3)4)17(14)22-5)16-8-13(9-19-16)18(20)21/h6-7,10-11,13,16,19H,8-9H2,1-5H3,(H,20,21). The predicted octanol–water partition coefficient (Wildman–Crippen LogP) is 3.68. The summed E-state index contributed by atoms with van der Waals surface area (Å²) in [5.41, 5.74) is 3.57. The Hall–Kier alpha value is -1.55. The predicted molar refractivity (Wildman–Crippen MR) is 87.7 cm³/mol. The molecule has 1 aliphatic rings. The van der Waals surface area contributed by atoms with Gasteiger partial charge in [0.1, 0.15) is 5.75 Å². The van der Waals surface area contributed by atoms with Gasteiger partial charge in [0, 0.05) is 12.6 Å². The quantitative estimate of drug-likeness (QED) is 0.871. The average Bonchev–Trinajstić information content (AvgIpc) is 2.95. The second-order valence-corrected chi connectivity index (χ2v) is 6.77. The molecule has 0 spiro atoms. The Labute approximate surface area is 132 Å². The van der Waals surface area contributed by atoms with Crippen LogP contribution >= 0.6 is 0 Å². The van der Waals surface area contributed by atoms with Crippen LogP contribution < -0.4 is 10.1 Å². The molecule has 4 heteroatoms. The van der Waals surface area contributed by atoms with Gasteiger partial charge in [0.25, 0.3) is 0 Å². The number of hydrogen-bond acceptors (Lipinski definition) is 3. The van der Waals surface area contributed by atoms with Crippen molar-refractivity contribution >= 4 is 5.97 Å². The summed E-state index contributed by atoms with van der Waals surface area (Å²) in [4.78, 5) is 11.2. The molecule has 1 saturated heterocycles. The summed E-state index contributed by atoms with van der Waals surface area (Å²) in [7, 11) is 1.72. The smallest absolute Gasteiger partial charge is 0.307 e. The zero-order valence-electron chi connectivity index (χ0n) is 14.1. The van der Waals surface area contributed by atoms with Crippen LogP contribution in [0.1, 0.15) is 68.7 Å². The number of rotatable bonds is 5. The van der Waals surface area contributed by atoms with Gasteiger partial charge in [-0.3, -0.25) is 4.79 Å². The fourth-order valence-corrected chi connectivity index (χ4v) is 3.17. The van der Waals surface area contributed by atoms with Crippen molar-refractivity contribution in [1.29, 1.82) is 0 Å². The van der Waals surface area contributed by atoms with Gasteiger partial charge >= 0.3 is 5.97 Å². The van der Waals surface area contributed by atoms with Gasteiger partial charge < -0.3 is 15.2 Å². The number of nitrogens with one attached hydrogen (secondary N) is 1. The minimum Gasteiger partial charge on any atom is -0.496 e. The Morgan fingerprint density at radius 2 is 1.77 bits per heavy atom. The van der Waals surface area contributed by atoms with Crippen LogP contribution in [0, 0.1) is 5.92 Å².